The van der Waals surface area contributed by atoms with Crippen molar-refractivity contribution in [2.24, 2.45) is 5.41 Å². The Hall–Kier alpha value is -5.23. The number of amides is 3. The summed E-state index contributed by atoms with van der Waals surface area (Å²) in [7, 11) is 1.58. The summed E-state index contributed by atoms with van der Waals surface area (Å²) in [5.74, 6) is 1.11. The number of aliphatic hydroxyl groups excluding tert-OH is 1. The molecule has 268 valence electrons. The number of benzene rings is 4. The lowest BCUT2D eigenvalue weighted by Crippen LogP contribution is -2.52. The van der Waals surface area contributed by atoms with E-state index < -0.39 is 29.8 Å². The van der Waals surface area contributed by atoms with Crippen LogP contribution in [0.15, 0.2) is 103 Å². The van der Waals surface area contributed by atoms with Crippen molar-refractivity contribution in [2.75, 3.05) is 26.8 Å². The molecular weight excluding hydrogens is 650 g/mol. The Morgan fingerprint density at radius 3 is 2.14 bits per heavy atom. The minimum atomic E-state index is -1.32. The first-order valence-corrected chi connectivity index (χ1v) is 16.9. The molecular formula is C40H45N3O8. The zero-order valence-corrected chi connectivity index (χ0v) is 29.1. The summed E-state index contributed by atoms with van der Waals surface area (Å²) in [5, 5.41) is 18.8. The van der Waals surface area contributed by atoms with Crippen LogP contribution in [0.2, 0.25) is 0 Å². The molecule has 1 aliphatic rings. The summed E-state index contributed by atoms with van der Waals surface area (Å²) >= 11 is 0. The van der Waals surface area contributed by atoms with E-state index in [1.165, 1.54) is 0 Å². The van der Waals surface area contributed by atoms with Gasteiger partial charge in [-0.05, 0) is 72.5 Å². The van der Waals surface area contributed by atoms with Crippen LogP contribution in [-0.4, -0.2) is 61.8 Å². The maximum absolute atomic E-state index is 13.1. The van der Waals surface area contributed by atoms with Gasteiger partial charge in [0.1, 0.15) is 29.5 Å². The first-order chi connectivity index (χ1) is 24.6. The molecule has 3 amide bonds. The number of methoxy groups -OCH3 is 1. The molecule has 1 saturated heterocycles. The number of rotatable bonds is 15. The minimum absolute atomic E-state index is 0.0217. The summed E-state index contributed by atoms with van der Waals surface area (Å²) in [6, 6.07) is 31.5. The van der Waals surface area contributed by atoms with Crippen molar-refractivity contribution in [3.63, 3.8) is 0 Å². The summed E-state index contributed by atoms with van der Waals surface area (Å²) in [6.07, 6.45) is -2.14. The van der Waals surface area contributed by atoms with Crippen LogP contribution in [-0.2, 0) is 32.0 Å². The highest BCUT2D eigenvalue weighted by atomic mass is 16.7. The van der Waals surface area contributed by atoms with Gasteiger partial charge < -0.3 is 40.0 Å². The minimum Gasteiger partial charge on any atom is -0.497 e. The van der Waals surface area contributed by atoms with E-state index in [4.69, 9.17) is 18.9 Å². The van der Waals surface area contributed by atoms with E-state index >= 15 is 0 Å². The third-order valence-electron chi connectivity index (χ3n) is 8.51. The number of hydrogen-bond donors (Lipinski definition) is 4. The van der Waals surface area contributed by atoms with E-state index in [2.05, 4.69) is 16.0 Å². The average molecular weight is 696 g/mol. The lowest BCUT2D eigenvalue weighted by atomic mass is 9.85. The predicted octanol–water partition coefficient (Wildman–Crippen LogP) is 5.08. The number of para-hydroxylation sites is 1. The van der Waals surface area contributed by atoms with Crippen LogP contribution in [0.25, 0.3) is 0 Å². The lowest BCUT2D eigenvalue weighted by Gasteiger charge is -2.41. The second kappa shape index (κ2) is 17.6. The normalized spacial score (nSPS) is 17.1. The summed E-state index contributed by atoms with van der Waals surface area (Å²) in [4.78, 5) is 38.3. The van der Waals surface area contributed by atoms with E-state index in [9.17, 15) is 19.5 Å². The third kappa shape index (κ3) is 10.6. The molecule has 1 heterocycles. The molecule has 0 spiro atoms. The number of ether oxygens (including phenoxy) is 4. The Bertz CT molecular complexity index is 1730. The van der Waals surface area contributed by atoms with Gasteiger partial charge in [-0.1, -0.05) is 68.4 Å². The smallest absolute Gasteiger partial charge is 0.251 e. The second-order valence-corrected chi connectivity index (χ2v) is 13.0. The number of carbonyl (C=O) groups is 3. The van der Waals surface area contributed by atoms with Crippen molar-refractivity contribution < 1.29 is 38.4 Å². The van der Waals surface area contributed by atoms with Gasteiger partial charge >= 0.3 is 0 Å². The fourth-order valence-corrected chi connectivity index (χ4v) is 5.47. The van der Waals surface area contributed by atoms with Gasteiger partial charge in [0, 0.05) is 36.2 Å². The molecule has 4 aromatic carbocycles. The number of carbonyl (C=O) groups excluding carboxylic acids is 3. The Labute approximate surface area is 298 Å². The zero-order chi connectivity index (χ0) is 36.2. The van der Waals surface area contributed by atoms with Gasteiger partial charge in [0.05, 0.1) is 13.7 Å². The zero-order valence-electron chi connectivity index (χ0n) is 29.1. The molecule has 5 rings (SSSR count). The lowest BCUT2D eigenvalue weighted by molar-refractivity contribution is -0.258. The van der Waals surface area contributed by atoms with E-state index in [0.717, 1.165) is 28.2 Å². The third-order valence-corrected chi connectivity index (χ3v) is 8.51. The molecule has 11 heteroatoms. The number of hydrogen-bond acceptors (Lipinski definition) is 8. The van der Waals surface area contributed by atoms with E-state index in [0.29, 0.717) is 30.9 Å². The summed E-state index contributed by atoms with van der Waals surface area (Å²) in [5.41, 5.74) is 2.51. The molecule has 0 radical (unpaired) electrons. The first-order valence-electron chi connectivity index (χ1n) is 16.9. The van der Waals surface area contributed by atoms with E-state index in [1.807, 2.05) is 80.6 Å². The van der Waals surface area contributed by atoms with E-state index in [1.54, 1.807) is 43.5 Å². The van der Waals surface area contributed by atoms with Crippen LogP contribution < -0.4 is 25.4 Å². The van der Waals surface area contributed by atoms with Gasteiger partial charge in [0.25, 0.3) is 5.91 Å². The van der Waals surface area contributed by atoms with Gasteiger partial charge in [-0.15, -0.1) is 0 Å². The molecule has 0 aliphatic carbocycles. The van der Waals surface area contributed by atoms with Crippen LogP contribution >= 0.6 is 0 Å². The molecule has 0 aromatic heterocycles. The molecule has 2 unspecified atom stereocenters. The van der Waals surface area contributed by atoms with Gasteiger partial charge in [0.2, 0.25) is 11.8 Å². The van der Waals surface area contributed by atoms with Crippen molar-refractivity contribution in [3.05, 3.63) is 125 Å². The number of aliphatic hydroxyl groups is 1. The highest BCUT2D eigenvalue weighted by molar-refractivity contribution is 5.94. The molecule has 4 aromatic rings. The van der Waals surface area contributed by atoms with Crippen LogP contribution in [0.5, 0.6) is 17.2 Å². The SMILES string of the molecule is COc1ccc(C2OCC(C)(C)[C@H](C(=O)NCCC(O)C(=O)NCc3ccc(C(=O)NCCc4ccc(Oc5ccccc5)cc4)cc3)O2)cc1. The predicted molar refractivity (Wildman–Crippen MR) is 191 cm³/mol. The fourth-order valence-electron chi connectivity index (χ4n) is 5.47. The van der Waals surface area contributed by atoms with Crippen molar-refractivity contribution >= 4 is 17.7 Å². The van der Waals surface area contributed by atoms with Crippen molar-refractivity contribution in [1.29, 1.82) is 0 Å². The Balaban J connectivity index is 0.991. The van der Waals surface area contributed by atoms with Gasteiger partial charge in [-0.25, -0.2) is 0 Å². The van der Waals surface area contributed by atoms with Crippen LogP contribution in [0.4, 0.5) is 0 Å². The Kier molecular flexibility index (Phi) is 12.8. The van der Waals surface area contributed by atoms with Gasteiger partial charge in [-0.2, -0.15) is 0 Å². The topological polar surface area (TPSA) is 144 Å². The highest BCUT2D eigenvalue weighted by Gasteiger charge is 2.43. The fraction of sp³-hybridized carbons (Fsp3) is 0.325. The second-order valence-electron chi connectivity index (χ2n) is 13.0. The Morgan fingerprint density at radius 2 is 1.45 bits per heavy atom. The quantitative estimate of drug-likeness (QED) is 0.135. The maximum Gasteiger partial charge on any atom is 0.251 e. The summed E-state index contributed by atoms with van der Waals surface area (Å²) in [6.45, 7) is 4.79. The standard InChI is InChI=1S/C40H45N3O8/c1-40(2)26-49-39(30-15-19-31(48-3)20-16-30)51-35(40)38(47)42-24-22-34(44)37(46)43-25-28-9-13-29(14-10-28)36(45)41-23-21-27-11-17-33(18-12-27)50-32-7-5-4-6-8-32/h4-20,34-35,39,44H,21-26H2,1-3H3,(H,41,45)(H,42,47)(H,43,46)/t34?,35-,39?/m0/s1. The van der Waals surface area contributed by atoms with Crippen molar-refractivity contribution in [2.45, 2.75) is 51.7 Å². The maximum atomic E-state index is 13.1. The average Bonchev–Trinajstić information content (AvgIpc) is 3.15. The highest BCUT2D eigenvalue weighted by Crippen LogP contribution is 2.37. The molecule has 3 atom stereocenters. The monoisotopic (exact) mass is 695 g/mol. The van der Waals surface area contributed by atoms with Crippen molar-refractivity contribution in [1.82, 2.24) is 16.0 Å². The molecule has 51 heavy (non-hydrogen) atoms. The Morgan fingerprint density at radius 1 is 0.804 bits per heavy atom. The van der Waals surface area contributed by atoms with Crippen LogP contribution in [0.1, 0.15) is 53.6 Å². The molecule has 1 fully saturated rings. The molecule has 4 N–H and O–H groups in total. The van der Waals surface area contributed by atoms with Gasteiger partial charge in [-0.3, -0.25) is 14.4 Å². The van der Waals surface area contributed by atoms with Gasteiger partial charge in [0.15, 0.2) is 6.29 Å². The van der Waals surface area contributed by atoms with Crippen LogP contribution in [0, 0.1) is 5.41 Å². The van der Waals surface area contributed by atoms with Crippen molar-refractivity contribution in [3.8, 4) is 17.2 Å². The molecule has 0 saturated carbocycles. The van der Waals surface area contributed by atoms with E-state index in [-0.39, 0.29) is 31.3 Å². The largest absolute Gasteiger partial charge is 0.497 e. The first kappa shape index (κ1) is 37.0. The molecule has 0 bridgehead atoms. The number of nitrogens with one attached hydrogen (secondary N) is 3. The molecule has 11 nitrogen and oxygen atoms in total. The summed E-state index contributed by atoms with van der Waals surface area (Å²) < 4.78 is 23.0. The van der Waals surface area contributed by atoms with Crippen LogP contribution in [0.3, 0.4) is 0 Å². The molecule has 1 aliphatic heterocycles.